The molecule has 1 aliphatic rings. The standard InChI is InChI=1S/C18H24N2O/c1-15(18-10-6-12-21-18)19-17-9-5-11-20(14-17)13-16-7-3-2-4-8-16/h2-4,6-8,10,12,15,17,19H,5,9,11,13-14H2,1H3. The van der Waals surface area contributed by atoms with Gasteiger partial charge in [-0.3, -0.25) is 4.90 Å². The van der Waals surface area contributed by atoms with Crippen LogP contribution in [0, 0.1) is 0 Å². The molecule has 0 radical (unpaired) electrons. The molecule has 0 amide bonds. The zero-order valence-corrected chi connectivity index (χ0v) is 12.7. The molecule has 112 valence electrons. The normalized spacial score (nSPS) is 21.3. The van der Waals surface area contributed by atoms with Crippen LogP contribution in [0.15, 0.2) is 53.1 Å². The molecular weight excluding hydrogens is 260 g/mol. The van der Waals surface area contributed by atoms with Gasteiger partial charge in [0.2, 0.25) is 0 Å². The van der Waals surface area contributed by atoms with Gasteiger partial charge in [0.1, 0.15) is 5.76 Å². The van der Waals surface area contributed by atoms with Crippen molar-refractivity contribution in [3.05, 3.63) is 60.1 Å². The van der Waals surface area contributed by atoms with Gasteiger partial charge in [-0.1, -0.05) is 30.3 Å². The van der Waals surface area contributed by atoms with Crippen LogP contribution in [0.4, 0.5) is 0 Å². The maximum Gasteiger partial charge on any atom is 0.120 e. The van der Waals surface area contributed by atoms with Crippen molar-refractivity contribution < 1.29 is 4.42 Å². The Bertz CT molecular complexity index is 523. The van der Waals surface area contributed by atoms with Gasteiger partial charge in [0.05, 0.1) is 12.3 Å². The van der Waals surface area contributed by atoms with Crippen LogP contribution in [0.3, 0.4) is 0 Å². The van der Waals surface area contributed by atoms with E-state index >= 15 is 0 Å². The molecule has 3 rings (SSSR count). The number of likely N-dealkylation sites (tertiary alicyclic amines) is 1. The predicted molar refractivity (Wildman–Crippen MR) is 85.0 cm³/mol. The summed E-state index contributed by atoms with van der Waals surface area (Å²) in [5, 5.41) is 3.70. The van der Waals surface area contributed by atoms with Crippen LogP contribution in [0.25, 0.3) is 0 Å². The van der Waals surface area contributed by atoms with Crippen molar-refractivity contribution in [3.8, 4) is 0 Å². The molecule has 0 bridgehead atoms. The summed E-state index contributed by atoms with van der Waals surface area (Å²) in [6, 6.07) is 15.6. The van der Waals surface area contributed by atoms with Crippen molar-refractivity contribution in [2.75, 3.05) is 13.1 Å². The average molecular weight is 284 g/mol. The topological polar surface area (TPSA) is 28.4 Å². The Morgan fingerprint density at radius 3 is 2.86 bits per heavy atom. The number of hydrogen-bond donors (Lipinski definition) is 1. The second kappa shape index (κ2) is 6.92. The number of furan rings is 1. The fourth-order valence-electron chi connectivity index (χ4n) is 3.15. The lowest BCUT2D eigenvalue weighted by atomic mass is 10.0. The molecule has 1 saturated heterocycles. The molecule has 0 spiro atoms. The lowest BCUT2D eigenvalue weighted by molar-refractivity contribution is 0.174. The Kier molecular flexibility index (Phi) is 4.73. The summed E-state index contributed by atoms with van der Waals surface area (Å²) in [5.41, 5.74) is 1.40. The fourth-order valence-corrected chi connectivity index (χ4v) is 3.15. The molecule has 1 aromatic heterocycles. The second-order valence-electron chi connectivity index (χ2n) is 5.96. The maximum absolute atomic E-state index is 5.48. The van der Waals surface area contributed by atoms with Gasteiger partial charge >= 0.3 is 0 Å². The summed E-state index contributed by atoms with van der Waals surface area (Å²) in [5.74, 6) is 1.02. The van der Waals surface area contributed by atoms with Crippen LogP contribution >= 0.6 is 0 Å². The average Bonchev–Trinajstić information content (AvgIpc) is 3.03. The van der Waals surface area contributed by atoms with Gasteiger partial charge in [-0.05, 0) is 44.0 Å². The molecule has 3 nitrogen and oxygen atoms in total. The highest BCUT2D eigenvalue weighted by Gasteiger charge is 2.22. The molecule has 21 heavy (non-hydrogen) atoms. The molecule has 2 atom stereocenters. The van der Waals surface area contributed by atoms with E-state index in [2.05, 4.69) is 47.5 Å². The van der Waals surface area contributed by atoms with Gasteiger partial charge < -0.3 is 9.73 Å². The quantitative estimate of drug-likeness (QED) is 0.909. The molecule has 2 aromatic rings. The highest BCUT2D eigenvalue weighted by Crippen LogP contribution is 2.18. The van der Waals surface area contributed by atoms with Gasteiger partial charge in [0.25, 0.3) is 0 Å². The summed E-state index contributed by atoms with van der Waals surface area (Å²) in [6.45, 7) is 5.53. The van der Waals surface area contributed by atoms with Crippen LogP contribution in [0.5, 0.6) is 0 Å². The zero-order chi connectivity index (χ0) is 14.5. The first-order chi connectivity index (χ1) is 10.3. The minimum absolute atomic E-state index is 0.279. The maximum atomic E-state index is 5.48. The van der Waals surface area contributed by atoms with Crippen LogP contribution in [-0.4, -0.2) is 24.0 Å². The van der Waals surface area contributed by atoms with E-state index in [1.165, 1.54) is 24.9 Å². The summed E-state index contributed by atoms with van der Waals surface area (Å²) in [4.78, 5) is 2.55. The van der Waals surface area contributed by atoms with E-state index in [1.807, 2.05) is 12.1 Å². The number of nitrogens with one attached hydrogen (secondary N) is 1. The van der Waals surface area contributed by atoms with Gasteiger partial charge in [-0.25, -0.2) is 0 Å². The van der Waals surface area contributed by atoms with E-state index in [0.717, 1.165) is 18.8 Å². The highest BCUT2D eigenvalue weighted by molar-refractivity contribution is 5.14. The van der Waals surface area contributed by atoms with Crippen LogP contribution in [0.2, 0.25) is 0 Å². The molecule has 1 fully saturated rings. The molecule has 3 heteroatoms. The first-order valence-corrected chi connectivity index (χ1v) is 7.87. The van der Waals surface area contributed by atoms with Crippen LogP contribution in [0.1, 0.15) is 37.1 Å². The molecule has 2 heterocycles. The van der Waals surface area contributed by atoms with E-state index in [0.29, 0.717) is 6.04 Å². The lowest BCUT2D eigenvalue weighted by Gasteiger charge is -2.34. The van der Waals surface area contributed by atoms with Crippen LogP contribution in [-0.2, 0) is 6.54 Å². The van der Waals surface area contributed by atoms with Crippen molar-refractivity contribution in [1.82, 2.24) is 10.2 Å². The monoisotopic (exact) mass is 284 g/mol. The van der Waals surface area contributed by atoms with Crippen molar-refractivity contribution >= 4 is 0 Å². The first kappa shape index (κ1) is 14.4. The summed E-state index contributed by atoms with van der Waals surface area (Å²) in [6.07, 6.45) is 4.25. The molecule has 1 aliphatic heterocycles. The molecule has 1 aromatic carbocycles. The third-order valence-corrected chi connectivity index (χ3v) is 4.21. The van der Waals surface area contributed by atoms with Gasteiger partial charge in [0.15, 0.2) is 0 Å². The molecule has 2 unspecified atom stereocenters. The number of nitrogens with zero attached hydrogens (tertiary/aromatic N) is 1. The zero-order valence-electron chi connectivity index (χ0n) is 12.7. The summed E-state index contributed by atoms with van der Waals surface area (Å²) >= 11 is 0. The first-order valence-electron chi connectivity index (χ1n) is 7.87. The Balaban J connectivity index is 1.53. The Labute approximate surface area is 127 Å². The second-order valence-corrected chi connectivity index (χ2v) is 5.96. The minimum Gasteiger partial charge on any atom is -0.468 e. The third kappa shape index (κ3) is 3.96. The fraction of sp³-hybridized carbons (Fsp3) is 0.444. The van der Waals surface area contributed by atoms with Crippen molar-refractivity contribution in [2.45, 2.75) is 38.4 Å². The molecule has 0 aliphatic carbocycles. The number of piperidine rings is 1. The predicted octanol–water partition coefficient (Wildman–Crippen LogP) is 3.59. The van der Waals surface area contributed by atoms with E-state index in [4.69, 9.17) is 4.42 Å². The van der Waals surface area contributed by atoms with Gasteiger partial charge in [-0.15, -0.1) is 0 Å². The van der Waals surface area contributed by atoms with E-state index in [1.54, 1.807) is 6.26 Å². The number of benzene rings is 1. The van der Waals surface area contributed by atoms with Crippen LogP contribution < -0.4 is 5.32 Å². The van der Waals surface area contributed by atoms with Crippen molar-refractivity contribution in [1.29, 1.82) is 0 Å². The SMILES string of the molecule is CC(NC1CCCN(Cc2ccccc2)C1)c1ccco1. The molecule has 0 saturated carbocycles. The molecular formula is C18H24N2O. The summed E-state index contributed by atoms with van der Waals surface area (Å²) in [7, 11) is 0. The Hall–Kier alpha value is -1.58. The smallest absolute Gasteiger partial charge is 0.120 e. The van der Waals surface area contributed by atoms with Gasteiger partial charge in [-0.2, -0.15) is 0 Å². The van der Waals surface area contributed by atoms with Crippen molar-refractivity contribution in [2.24, 2.45) is 0 Å². The van der Waals surface area contributed by atoms with E-state index in [9.17, 15) is 0 Å². The largest absolute Gasteiger partial charge is 0.468 e. The van der Waals surface area contributed by atoms with Gasteiger partial charge in [0, 0.05) is 19.1 Å². The third-order valence-electron chi connectivity index (χ3n) is 4.21. The number of hydrogen-bond acceptors (Lipinski definition) is 3. The van der Waals surface area contributed by atoms with Crippen molar-refractivity contribution in [3.63, 3.8) is 0 Å². The Morgan fingerprint density at radius 1 is 1.24 bits per heavy atom. The number of rotatable bonds is 5. The van der Waals surface area contributed by atoms with E-state index < -0.39 is 0 Å². The highest BCUT2D eigenvalue weighted by atomic mass is 16.3. The Morgan fingerprint density at radius 2 is 2.10 bits per heavy atom. The lowest BCUT2D eigenvalue weighted by Crippen LogP contribution is -2.45. The molecule has 1 N–H and O–H groups in total. The summed E-state index contributed by atoms with van der Waals surface area (Å²) < 4.78 is 5.48. The minimum atomic E-state index is 0.279. The van der Waals surface area contributed by atoms with E-state index in [-0.39, 0.29) is 6.04 Å².